The predicted octanol–water partition coefficient (Wildman–Crippen LogP) is 1.93. The normalized spacial score (nSPS) is 24.7. The van der Waals surface area contributed by atoms with Crippen LogP contribution in [0.1, 0.15) is 43.2 Å². The van der Waals surface area contributed by atoms with E-state index < -0.39 is 0 Å². The Morgan fingerprint density at radius 1 is 1.26 bits per heavy atom. The first-order valence-corrected chi connectivity index (χ1v) is 8.96. The van der Waals surface area contributed by atoms with Gasteiger partial charge in [0.1, 0.15) is 0 Å². The van der Waals surface area contributed by atoms with E-state index in [0.29, 0.717) is 11.8 Å². The van der Waals surface area contributed by atoms with Crippen molar-refractivity contribution >= 4 is 5.91 Å². The number of hydrogen-bond donors (Lipinski definition) is 2. The second-order valence-corrected chi connectivity index (χ2v) is 7.15. The molecule has 0 radical (unpaired) electrons. The first-order valence-electron chi connectivity index (χ1n) is 8.96. The van der Waals surface area contributed by atoms with Crippen molar-refractivity contribution in [3.8, 4) is 0 Å². The molecule has 2 atom stereocenters. The quantitative estimate of drug-likeness (QED) is 0.843. The number of carbonyl (C=O) groups excluding carboxylic acids is 1. The van der Waals surface area contributed by atoms with Crippen LogP contribution in [0.25, 0.3) is 0 Å². The van der Waals surface area contributed by atoms with Crippen LogP contribution >= 0.6 is 0 Å². The van der Waals surface area contributed by atoms with Gasteiger partial charge in [0.05, 0.1) is 0 Å². The third-order valence-electron chi connectivity index (χ3n) is 5.10. The molecule has 2 fully saturated rings. The Labute approximate surface area is 139 Å². The molecule has 4 nitrogen and oxygen atoms in total. The zero-order valence-electron chi connectivity index (χ0n) is 14.3. The largest absolute Gasteiger partial charge is 0.355 e. The fraction of sp³-hybridized carbons (Fsp3) is 0.632. The zero-order valence-corrected chi connectivity index (χ0v) is 14.3. The van der Waals surface area contributed by atoms with Gasteiger partial charge in [0.25, 0.3) is 0 Å². The van der Waals surface area contributed by atoms with E-state index in [1.807, 2.05) is 0 Å². The molecule has 0 spiro atoms. The van der Waals surface area contributed by atoms with E-state index in [4.69, 9.17) is 0 Å². The minimum absolute atomic E-state index is 0.183. The van der Waals surface area contributed by atoms with Crippen molar-refractivity contribution in [2.24, 2.45) is 5.92 Å². The molecule has 0 bridgehead atoms. The summed E-state index contributed by atoms with van der Waals surface area (Å²) in [7, 11) is 0. The summed E-state index contributed by atoms with van der Waals surface area (Å²) in [6.07, 6.45) is 1.00. The second-order valence-electron chi connectivity index (χ2n) is 7.15. The van der Waals surface area contributed by atoms with Crippen LogP contribution in [-0.2, 0) is 4.79 Å². The molecule has 1 saturated carbocycles. The number of hydrogen-bond acceptors (Lipinski definition) is 3. The van der Waals surface area contributed by atoms with E-state index in [1.165, 1.54) is 11.1 Å². The van der Waals surface area contributed by atoms with E-state index in [2.05, 4.69) is 53.6 Å². The molecule has 2 unspecified atom stereocenters. The van der Waals surface area contributed by atoms with E-state index >= 15 is 0 Å². The molecule has 0 aromatic heterocycles. The number of nitrogens with one attached hydrogen (secondary N) is 2. The number of piperazine rings is 1. The number of nitrogens with zero attached hydrogens (tertiary/aromatic N) is 1. The molecule has 3 rings (SSSR count). The van der Waals surface area contributed by atoms with Gasteiger partial charge in [0.15, 0.2) is 0 Å². The van der Waals surface area contributed by atoms with Gasteiger partial charge in [-0.3, -0.25) is 9.69 Å². The van der Waals surface area contributed by atoms with Crippen molar-refractivity contribution in [1.29, 1.82) is 0 Å². The Hall–Kier alpha value is -1.39. The zero-order chi connectivity index (χ0) is 16.2. The van der Waals surface area contributed by atoms with E-state index in [9.17, 15) is 4.79 Å². The smallest absolute Gasteiger partial charge is 0.223 e. The summed E-state index contributed by atoms with van der Waals surface area (Å²) in [4.78, 5) is 14.7. The van der Waals surface area contributed by atoms with Crippen molar-refractivity contribution in [2.75, 3.05) is 39.3 Å². The molecule has 1 aromatic carbocycles. The van der Waals surface area contributed by atoms with E-state index in [-0.39, 0.29) is 11.8 Å². The second kappa shape index (κ2) is 7.45. The van der Waals surface area contributed by atoms with Gasteiger partial charge in [-0.05, 0) is 29.4 Å². The van der Waals surface area contributed by atoms with Crippen molar-refractivity contribution < 1.29 is 4.79 Å². The monoisotopic (exact) mass is 315 g/mol. The van der Waals surface area contributed by atoms with Gasteiger partial charge < -0.3 is 10.6 Å². The SMILES string of the molecule is CC(C)c1ccc(C2CC2C(=O)NCCN2CCNCC2)cc1. The van der Waals surface area contributed by atoms with Gasteiger partial charge >= 0.3 is 0 Å². The Morgan fingerprint density at radius 2 is 1.96 bits per heavy atom. The van der Waals surface area contributed by atoms with Crippen LogP contribution in [0, 0.1) is 5.92 Å². The molecular formula is C19H29N3O. The molecule has 2 aliphatic rings. The Kier molecular flexibility index (Phi) is 5.34. The molecule has 23 heavy (non-hydrogen) atoms. The lowest BCUT2D eigenvalue weighted by Crippen LogP contribution is -2.46. The molecular weight excluding hydrogens is 286 g/mol. The van der Waals surface area contributed by atoms with Gasteiger partial charge in [-0.1, -0.05) is 38.1 Å². The summed E-state index contributed by atoms with van der Waals surface area (Å²) in [6.45, 7) is 10.5. The molecule has 1 aliphatic carbocycles. The maximum Gasteiger partial charge on any atom is 0.223 e. The summed E-state index contributed by atoms with van der Waals surface area (Å²) in [5.41, 5.74) is 2.68. The Balaban J connectivity index is 1.41. The summed E-state index contributed by atoms with van der Waals surface area (Å²) < 4.78 is 0. The minimum Gasteiger partial charge on any atom is -0.355 e. The van der Waals surface area contributed by atoms with Gasteiger partial charge in [-0.15, -0.1) is 0 Å². The third-order valence-corrected chi connectivity index (χ3v) is 5.10. The van der Waals surface area contributed by atoms with Gasteiger partial charge in [0.2, 0.25) is 5.91 Å². The van der Waals surface area contributed by atoms with Crippen molar-refractivity contribution in [2.45, 2.75) is 32.1 Å². The maximum atomic E-state index is 12.3. The standard InChI is InChI=1S/C19H29N3O/c1-14(2)15-3-5-16(6-4-15)17-13-18(17)19(23)21-9-12-22-10-7-20-8-11-22/h3-6,14,17-18,20H,7-13H2,1-2H3,(H,21,23). The lowest BCUT2D eigenvalue weighted by Gasteiger charge is -2.27. The average Bonchev–Trinajstić information content (AvgIpc) is 3.36. The van der Waals surface area contributed by atoms with E-state index in [0.717, 1.165) is 45.7 Å². The van der Waals surface area contributed by atoms with Crippen LogP contribution in [0.5, 0.6) is 0 Å². The first kappa shape index (κ1) is 16.5. The topological polar surface area (TPSA) is 44.4 Å². The molecule has 4 heteroatoms. The van der Waals surface area contributed by atoms with Crippen LogP contribution in [-0.4, -0.2) is 50.1 Å². The van der Waals surface area contributed by atoms with Gasteiger partial charge in [-0.2, -0.15) is 0 Å². The minimum atomic E-state index is 0.183. The van der Waals surface area contributed by atoms with Crippen molar-refractivity contribution in [1.82, 2.24) is 15.5 Å². The van der Waals surface area contributed by atoms with Crippen molar-refractivity contribution in [3.05, 3.63) is 35.4 Å². The molecule has 1 amide bonds. The Morgan fingerprint density at radius 3 is 2.61 bits per heavy atom. The average molecular weight is 315 g/mol. The highest BCUT2D eigenvalue weighted by atomic mass is 16.2. The number of amides is 1. The van der Waals surface area contributed by atoms with Crippen LogP contribution in [0.15, 0.2) is 24.3 Å². The molecule has 2 N–H and O–H groups in total. The van der Waals surface area contributed by atoms with Crippen LogP contribution < -0.4 is 10.6 Å². The fourth-order valence-corrected chi connectivity index (χ4v) is 3.38. The molecule has 126 valence electrons. The highest BCUT2D eigenvalue weighted by molar-refractivity contribution is 5.82. The fourth-order valence-electron chi connectivity index (χ4n) is 3.38. The molecule has 1 aromatic rings. The summed E-state index contributed by atoms with van der Waals surface area (Å²) >= 11 is 0. The molecule has 1 aliphatic heterocycles. The lowest BCUT2D eigenvalue weighted by molar-refractivity contribution is -0.122. The highest BCUT2D eigenvalue weighted by Gasteiger charge is 2.43. The number of rotatable bonds is 6. The number of benzene rings is 1. The molecule has 1 heterocycles. The van der Waals surface area contributed by atoms with Crippen molar-refractivity contribution in [3.63, 3.8) is 0 Å². The lowest BCUT2D eigenvalue weighted by atomic mass is 10.00. The summed E-state index contributed by atoms with van der Waals surface area (Å²) in [6, 6.07) is 8.82. The van der Waals surface area contributed by atoms with E-state index in [1.54, 1.807) is 0 Å². The number of carbonyl (C=O) groups is 1. The Bertz CT molecular complexity index is 520. The van der Waals surface area contributed by atoms with Crippen LogP contribution in [0.4, 0.5) is 0 Å². The predicted molar refractivity (Wildman–Crippen MR) is 93.7 cm³/mol. The van der Waals surface area contributed by atoms with Gasteiger partial charge in [-0.25, -0.2) is 0 Å². The van der Waals surface area contributed by atoms with Gasteiger partial charge in [0, 0.05) is 45.2 Å². The van der Waals surface area contributed by atoms with Crippen LogP contribution in [0.2, 0.25) is 0 Å². The maximum absolute atomic E-state index is 12.3. The summed E-state index contributed by atoms with van der Waals surface area (Å²) in [5.74, 6) is 1.41. The molecule has 1 saturated heterocycles. The van der Waals surface area contributed by atoms with Crippen LogP contribution in [0.3, 0.4) is 0 Å². The third kappa shape index (κ3) is 4.33. The summed E-state index contributed by atoms with van der Waals surface area (Å²) in [5, 5.41) is 6.47. The first-order chi connectivity index (χ1) is 11.1. The highest BCUT2D eigenvalue weighted by Crippen LogP contribution is 2.47.